The van der Waals surface area contributed by atoms with Crippen LogP contribution in [0.5, 0.6) is 11.5 Å². The Morgan fingerprint density at radius 3 is 2.54 bits per heavy atom. The average Bonchev–Trinajstić information content (AvgIpc) is 3.42. The Bertz CT molecular complexity index is 1330. The van der Waals surface area contributed by atoms with E-state index in [0.717, 1.165) is 16.9 Å². The van der Waals surface area contributed by atoms with Crippen molar-refractivity contribution < 1.29 is 28.9 Å². The summed E-state index contributed by atoms with van der Waals surface area (Å²) < 4.78 is 16.8. The fourth-order valence-electron chi connectivity index (χ4n) is 4.86. The van der Waals surface area contributed by atoms with Crippen molar-refractivity contribution in [3.05, 3.63) is 101 Å². The number of likely N-dealkylation sites (tertiary alicyclic amines) is 1. The summed E-state index contributed by atoms with van der Waals surface area (Å²) >= 11 is 0. The summed E-state index contributed by atoms with van der Waals surface area (Å²) in [6.45, 7) is 2.88. The summed E-state index contributed by atoms with van der Waals surface area (Å²) in [4.78, 5) is 27.7. The lowest BCUT2D eigenvalue weighted by molar-refractivity contribution is -0.140. The minimum absolute atomic E-state index is 0.0506. The first-order valence-corrected chi connectivity index (χ1v) is 12.3. The van der Waals surface area contributed by atoms with Crippen LogP contribution in [0.25, 0.3) is 5.76 Å². The van der Waals surface area contributed by atoms with E-state index < -0.39 is 17.7 Å². The Morgan fingerprint density at radius 2 is 1.81 bits per heavy atom. The zero-order chi connectivity index (χ0) is 25.9. The molecule has 7 nitrogen and oxygen atoms in total. The second-order valence-electron chi connectivity index (χ2n) is 9.28. The Hall–Kier alpha value is -4.10. The minimum atomic E-state index is -0.748. The van der Waals surface area contributed by atoms with E-state index in [4.69, 9.17) is 14.2 Å². The van der Waals surface area contributed by atoms with Crippen molar-refractivity contribution >= 4 is 17.4 Å². The maximum absolute atomic E-state index is 13.2. The van der Waals surface area contributed by atoms with Crippen LogP contribution in [0.4, 0.5) is 0 Å². The Labute approximate surface area is 215 Å². The molecule has 0 radical (unpaired) electrons. The van der Waals surface area contributed by atoms with Gasteiger partial charge in [-0.15, -0.1) is 0 Å². The van der Waals surface area contributed by atoms with Crippen molar-refractivity contribution in [2.24, 2.45) is 0 Å². The molecule has 1 N–H and O–H groups in total. The number of carbonyl (C=O) groups excluding carboxylic acids is 2. The second kappa shape index (κ2) is 10.5. The normalized spacial score (nSPS) is 20.1. The highest BCUT2D eigenvalue weighted by Crippen LogP contribution is 2.40. The first-order chi connectivity index (χ1) is 18.0. The molecular formula is C30H29NO6. The molecule has 2 atom stereocenters. The number of ketones is 1. The van der Waals surface area contributed by atoms with Crippen molar-refractivity contribution in [1.82, 2.24) is 4.90 Å². The summed E-state index contributed by atoms with van der Waals surface area (Å²) in [6, 6.07) is 21.7. The molecule has 3 aromatic carbocycles. The van der Waals surface area contributed by atoms with Gasteiger partial charge in [-0.3, -0.25) is 9.59 Å². The number of fused-ring (bicyclic) bond motifs is 1. The molecule has 1 fully saturated rings. The maximum Gasteiger partial charge on any atom is 0.295 e. The van der Waals surface area contributed by atoms with E-state index in [1.165, 1.54) is 12.0 Å². The molecule has 190 valence electrons. The van der Waals surface area contributed by atoms with Gasteiger partial charge in [-0.2, -0.15) is 0 Å². The van der Waals surface area contributed by atoms with E-state index >= 15 is 0 Å². The van der Waals surface area contributed by atoms with Gasteiger partial charge in [-0.1, -0.05) is 42.5 Å². The lowest BCUT2D eigenvalue weighted by Gasteiger charge is -2.25. The van der Waals surface area contributed by atoms with E-state index in [0.29, 0.717) is 29.9 Å². The molecule has 0 aliphatic carbocycles. The molecule has 7 heteroatoms. The highest BCUT2D eigenvalue weighted by Gasteiger charge is 2.46. The van der Waals surface area contributed by atoms with Crippen LogP contribution in [0, 0.1) is 0 Å². The Balaban J connectivity index is 1.48. The van der Waals surface area contributed by atoms with Gasteiger partial charge in [-0.05, 0) is 53.9 Å². The van der Waals surface area contributed by atoms with Gasteiger partial charge in [0, 0.05) is 25.6 Å². The molecule has 0 spiro atoms. The van der Waals surface area contributed by atoms with E-state index in [1.807, 2.05) is 67.6 Å². The van der Waals surface area contributed by atoms with E-state index in [-0.39, 0.29) is 30.6 Å². The first kappa shape index (κ1) is 24.6. The predicted molar refractivity (Wildman–Crippen MR) is 138 cm³/mol. The third-order valence-electron chi connectivity index (χ3n) is 6.69. The number of Topliss-reactive ketones (excluding diaryl/α,β-unsaturated/α-hetero) is 1. The van der Waals surface area contributed by atoms with Crippen molar-refractivity contribution in [2.75, 3.05) is 20.3 Å². The monoisotopic (exact) mass is 499 g/mol. The molecule has 37 heavy (non-hydrogen) atoms. The zero-order valence-electron chi connectivity index (χ0n) is 20.8. The number of hydrogen-bond donors (Lipinski definition) is 1. The number of methoxy groups -OCH3 is 1. The number of ether oxygens (including phenoxy) is 3. The number of nitrogens with zero attached hydrogens (tertiary/aromatic N) is 1. The number of rotatable bonds is 8. The SMILES string of the molecule is COCCN1C(=O)C(=O)/C(=C(\O)c2ccc3c(c2)CC(C)O3)C1c1ccc(OCc2ccccc2)cc1. The number of amides is 1. The highest BCUT2D eigenvalue weighted by atomic mass is 16.5. The molecule has 1 saturated heterocycles. The smallest absolute Gasteiger partial charge is 0.295 e. The summed E-state index contributed by atoms with van der Waals surface area (Å²) in [6.07, 6.45) is 0.765. The summed E-state index contributed by atoms with van der Waals surface area (Å²) in [5, 5.41) is 11.3. The summed E-state index contributed by atoms with van der Waals surface area (Å²) in [5.74, 6) is -0.143. The second-order valence-corrected chi connectivity index (χ2v) is 9.28. The van der Waals surface area contributed by atoms with Crippen LogP contribution < -0.4 is 9.47 Å². The van der Waals surface area contributed by atoms with Gasteiger partial charge < -0.3 is 24.2 Å². The van der Waals surface area contributed by atoms with Crippen molar-refractivity contribution in [3.8, 4) is 11.5 Å². The lowest BCUT2D eigenvalue weighted by Crippen LogP contribution is -2.32. The Kier molecular flexibility index (Phi) is 6.97. The number of carbonyl (C=O) groups is 2. The lowest BCUT2D eigenvalue weighted by atomic mass is 9.94. The van der Waals surface area contributed by atoms with Gasteiger partial charge in [0.2, 0.25) is 0 Å². The fraction of sp³-hybridized carbons (Fsp3) is 0.267. The molecule has 2 unspecified atom stereocenters. The topological polar surface area (TPSA) is 85.3 Å². The van der Waals surface area contributed by atoms with Gasteiger partial charge in [0.05, 0.1) is 18.2 Å². The first-order valence-electron chi connectivity index (χ1n) is 12.3. The van der Waals surface area contributed by atoms with Gasteiger partial charge in [0.15, 0.2) is 0 Å². The molecule has 2 aliphatic rings. The molecule has 0 saturated carbocycles. The quantitative estimate of drug-likeness (QED) is 0.276. The van der Waals surface area contributed by atoms with Crippen LogP contribution in [0.2, 0.25) is 0 Å². The van der Waals surface area contributed by atoms with E-state index in [9.17, 15) is 14.7 Å². The number of benzene rings is 3. The van der Waals surface area contributed by atoms with Crippen molar-refractivity contribution in [1.29, 1.82) is 0 Å². The largest absolute Gasteiger partial charge is 0.507 e. The van der Waals surface area contributed by atoms with E-state index in [2.05, 4.69) is 0 Å². The minimum Gasteiger partial charge on any atom is -0.507 e. The van der Waals surface area contributed by atoms with Gasteiger partial charge in [0.1, 0.15) is 30.0 Å². The van der Waals surface area contributed by atoms with Gasteiger partial charge in [-0.25, -0.2) is 0 Å². The highest BCUT2D eigenvalue weighted by molar-refractivity contribution is 6.46. The molecule has 3 aromatic rings. The molecule has 5 rings (SSSR count). The van der Waals surface area contributed by atoms with Crippen molar-refractivity contribution in [3.63, 3.8) is 0 Å². The number of aliphatic hydroxyl groups is 1. The fourth-order valence-corrected chi connectivity index (χ4v) is 4.86. The number of hydrogen-bond acceptors (Lipinski definition) is 6. The van der Waals surface area contributed by atoms with Gasteiger partial charge in [0.25, 0.3) is 11.7 Å². The summed E-state index contributed by atoms with van der Waals surface area (Å²) in [7, 11) is 1.54. The van der Waals surface area contributed by atoms with E-state index in [1.54, 1.807) is 12.1 Å². The molecule has 1 amide bonds. The Morgan fingerprint density at radius 1 is 1.05 bits per heavy atom. The van der Waals surface area contributed by atoms with Crippen LogP contribution in [-0.2, 0) is 27.4 Å². The molecular weight excluding hydrogens is 470 g/mol. The molecule has 0 aromatic heterocycles. The van der Waals surface area contributed by atoms with Crippen LogP contribution in [-0.4, -0.2) is 48.1 Å². The molecule has 0 bridgehead atoms. The van der Waals surface area contributed by atoms with Crippen LogP contribution in [0.15, 0.2) is 78.4 Å². The summed E-state index contributed by atoms with van der Waals surface area (Å²) in [5.41, 5.74) is 3.25. The van der Waals surface area contributed by atoms with Crippen LogP contribution in [0.3, 0.4) is 0 Å². The maximum atomic E-state index is 13.2. The van der Waals surface area contributed by atoms with Gasteiger partial charge >= 0.3 is 0 Å². The van der Waals surface area contributed by atoms with Crippen LogP contribution in [0.1, 0.15) is 35.2 Å². The van der Waals surface area contributed by atoms with Crippen molar-refractivity contribution in [2.45, 2.75) is 32.1 Å². The standard InChI is InChI=1S/C30H29NO6/c1-19-16-23-17-22(10-13-25(23)37-19)28(32)26-27(31(14-15-35-2)30(34)29(26)33)21-8-11-24(12-9-21)36-18-20-6-4-3-5-7-20/h3-13,17,19,27,32H,14-16,18H2,1-2H3/b28-26-. The molecule has 2 aliphatic heterocycles. The number of aliphatic hydroxyl groups excluding tert-OH is 1. The molecule has 2 heterocycles. The third-order valence-corrected chi connectivity index (χ3v) is 6.69. The predicted octanol–water partition coefficient (Wildman–Crippen LogP) is 4.66. The third kappa shape index (κ3) is 4.95. The average molecular weight is 500 g/mol. The zero-order valence-corrected chi connectivity index (χ0v) is 20.8. The van der Waals surface area contributed by atoms with Crippen LogP contribution >= 0.6 is 0 Å².